The predicted molar refractivity (Wildman–Crippen MR) is 102 cm³/mol. The van der Waals surface area contributed by atoms with Crippen LogP contribution in [-0.2, 0) is 9.59 Å². The standard InChI is InChI=1S/C22H16N2O3/c25-20(16-7-3-1-4-8-16)18-19(15-11-13-23-14-12-15)24(22(27)21(18)26)17-9-5-2-6-10-17/h1-14,19,25H/b20-18-. The van der Waals surface area contributed by atoms with Crippen LogP contribution in [0.4, 0.5) is 5.69 Å². The highest BCUT2D eigenvalue weighted by molar-refractivity contribution is 6.51. The van der Waals surface area contributed by atoms with Crippen LogP contribution in [0.1, 0.15) is 17.2 Å². The lowest BCUT2D eigenvalue weighted by molar-refractivity contribution is -0.132. The molecular weight excluding hydrogens is 340 g/mol. The topological polar surface area (TPSA) is 70.5 Å². The highest BCUT2D eigenvalue weighted by atomic mass is 16.3. The number of Topliss-reactive ketones (excluding diaryl/α,β-unsaturated/α-hetero) is 1. The van der Waals surface area contributed by atoms with Gasteiger partial charge in [0.2, 0.25) is 0 Å². The maximum absolute atomic E-state index is 12.9. The van der Waals surface area contributed by atoms with E-state index in [9.17, 15) is 14.7 Å². The third kappa shape index (κ3) is 2.89. The van der Waals surface area contributed by atoms with Crippen molar-refractivity contribution >= 4 is 23.1 Å². The fourth-order valence-electron chi connectivity index (χ4n) is 3.30. The Balaban J connectivity index is 1.95. The van der Waals surface area contributed by atoms with Crippen LogP contribution < -0.4 is 4.90 Å². The second kappa shape index (κ2) is 6.88. The molecule has 0 saturated carbocycles. The van der Waals surface area contributed by atoms with E-state index in [4.69, 9.17) is 0 Å². The summed E-state index contributed by atoms with van der Waals surface area (Å²) in [6.45, 7) is 0. The van der Waals surface area contributed by atoms with Crippen molar-refractivity contribution in [1.29, 1.82) is 0 Å². The van der Waals surface area contributed by atoms with Gasteiger partial charge in [0.05, 0.1) is 11.6 Å². The van der Waals surface area contributed by atoms with E-state index < -0.39 is 17.7 Å². The van der Waals surface area contributed by atoms with Crippen LogP contribution in [0.15, 0.2) is 90.8 Å². The number of pyridine rings is 1. The van der Waals surface area contributed by atoms with Gasteiger partial charge in [0.15, 0.2) is 0 Å². The van der Waals surface area contributed by atoms with E-state index in [2.05, 4.69) is 4.98 Å². The Morgan fingerprint density at radius 2 is 1.44 bits per heavy atom. The Kier molecular flexibility index (Phi) is 4.26. The second-order valence-corrected chi connectivity index (χ2v) is 6.15. The minimum atomic E-state index is -0.726. The summed E-state index contributed by atoms with van der Waals surface area (Å²) in [4.78, 5) is 31.2. The molecule has 1 saturated heterocycles. The number of benzene rings is 2. The largest absolute Gasteiger partial charge is 0.507 e. The zero-order valence-electron chi connectivity index (χ0n) is 14.3. The van der Waals surface area contributed by atoms with Gasteiger partial charge < -0.3 is 5.11 Å². The lowest BCUT2D eigenvalue weighted by Gasteiger charge is -2.25. The molecule has 0 aliphatic carbocycles. The van der Waals surface area contributed by atoms with Crippen LogP contribution >= 0.6 is 0 Å². The number of carbonyl (C=O) groups excluding carboxylic acids is 2. The Labute approximate surface area is 156 Å². The number of amides is 1. The Hall–Kier alpha value is -3.73. The first-order valence-corrected chi connectivity index (χ1v) is 8.50. The van der Waals surface area contributed by atoms with Gasteiger partial charge in [-0.15, -0.1) is 0 Å². The lowest BCUT2D eigenvalue weighted by atomic mass is 9.96. The number of hydrogen-bond acceptors (Lipinski definition) is 4. The highest BCUT2D eigenvalue weighted by Gasteiger charge is 2.46. The van der Waals surface area contributed by atoms with Gasteiger partial charge in [-0.1, -0.05) is 48.5 Å². The molecule has 1 fully saturated rings. The number of rotatable bonds is 3. The van der Waals surface area contributed by atoms with Crippen LogP contribution in [0.25, 0.3) is 5.76 Å². The monoisotopic (exact) mass is 356 g/mol. The molecule has 1 unspecified atom stereocenters. The molecule has 2 aromatic carbocycles. The van der Waals surface area contributed by atoms with Crippen molar-refractivity contribution in [2.45, 2.75) is 6.04 Å². The molecule has 1 atom stereocenters. The molecule has 1 aliphatic heterocycles. The minimum absolute atomic E-state index is 0.0706. The molecule has 5 nitrogen and oxygen atoms in total. The van der Waals surface area contributed by atoms with E-state index in [0.29, 0.717) is 16.8 Å². The predicted octanol–water partition coefficient (Wildman–Crippen LogP) is 3.71. The summed E-state index contributed by atoms with van der Waals surface area (Å²) in [7, 11) is 0. The van der Waals surface area contributed by atoms with E-state index in [-0.39, 0.29) is 11.3 Å². The average molecular weight is 356 g/mol. The molecule has 27 heavy (non-hydrogen) atoms. The SMILES string of the molecule is O=C1C(=O)N(c2ccccc2)C(c2ccncc2)/C1=C(/O)c1ccccc1. The molecule has 132 valence electrons. The number of ketones is 1. The number of nitrogens with zero attached hydrogens (tertiary/aromatic N) is 2. The maximum Gasteiger partial charge on any atom is 0.300 e. The molecule has 0 radical (unpaired) electrons. The zero-order chi connectivity index (χ0) is 18.8. The van der Waals surface area contributed by atoms with Crippen LogP contribution in [0.3, 0.4) is 0 Å². The van der Waals surface area contributed by atoms with E-state index >= 15 is 0 Å². The van der Waals surface area contributed by atoms with Crippen molar-refractivity contribution in [1.82, 2.24) is 4.98 Å². The van der Waals surface area contributed by atoms with Gasteiger partial charge in [-0.2, -0.15) is 0 Å². The van der Waals surface area contributed by atoms with Crippen molar-refractivity contribution < 1.29 is 14.7 Å². The molecule has 1 N–H and O–H groups in total. The quantitative estimate of drug-likeness (QED) is 0.441. The molecule has 4 rings (SSSR count). The summed E-state index contributed by atoms with van der Waals surface area (Å²) in [6.07, 6.45) is 3.20. The summed E-state index contributed by atoms with van der Waals surface area (Å²) in [5.74, 6) is -1.56. The molecular formula is C22H16N2O3. The van der Waals surface area contributed by atoms with Gasteiger partial charge in [0, 0.05) is 23.6 Å². The first kappa shape index (κ1) is 16.7. The molecule has 1 aliphatic rings. The number of anilines is 1. The average Bonchev–Trinajstić information content (AvgIpc) is 3.00. The van der Waals surface area contributed by atoms with Gasteiger partial charge in [-0.3, -0.25) is 19.5 Å². The van der Waals surface area contributed by atoms with Crippen LogP contribution in [0.2, 0.25) is 0 Å². The summed E-state index contributed by atoms with van der Waals surface area (Å²) >= 11 is 0. The molecule has 2 heterocycles. The summed E-state index contributed by atoms with van der Waals surface area (Å²) in [5.41, 5.74) is 1.85. The summed E-state index contributed by atoms with van der Waals surface area (Å²) in [5, 5.41) is 10.9. The maximum atomic E-state index is 12.9. The van der Waals surface area contributed by atoms with Gasteiger partial charge >= 0.3 is 0 Å². The lowest BCUT2D eigenvalue weighted by Crippen LogP contribution is -2.29. The van der Waals surface area contributed by atoms with Gasteiger partial charge in [-0.25, -0.2) is 0 Å². The zero-order valence-corrected chi connectivity index (χ0v) is 14.3. The summed E-state index contributed by atoms with van der Waals surface area (Å²) in [6, 6.07) is 20.5. The third-order valence-electron chi connectivity index (χ3n) is 4.55. The van der Waals surface area contributed by atoms with Crippen LogP contribution in [0.5, 0.6) is 0 Å². The number of aliphatic hydroxyl groups excluding tert-OH is 1. The fraction of sp³-hybridized carbons (Fsp3) is 0.0455. The van der Waals surface area contributed by atoms with Gasteiger partial charge in [0.1, 0.15) is 5.76 Å². The second-order valence-electron chi connectivity index (χ2n) is 6.15. The molecule has 5 heteroatoms. The summed E-state index contributed by atoms with van der Waals surface area (Å²) < 4.78 is 0. The van der Waals surface area contributed by atoms with Crippen molar-refractivity contribution in [3.05, 3.63) is 102 Å². The number of aliphatic hydroxyl groups is 1. The normalized spacial score (nSPS) is 18.7. The van der Waals surface area contributed by atoms with Crippen molar-refractivity contribution in [3.63, 3.8) is 0 Å². The van der Waals surface area contributed by atoms with Crippen molar-refractivity contribution in [2.24, 2.45) is 0 Å². The fourth-order valence-corrected chi connectivity index (χ4v) is 3.30. The molecule has 1 aromatic heterocycles. The number of aromatic nitrogens is 1. The Morgan fingerprint density at radius 3 is 2.07 bits per heavy atom. The smallest absolute Gasteiger partial charge is 0.300 e. The third-order valence-corrected chi connectivity index (χ3v) is 4.55. The van der Waals surface area contributed by atoms with Gasteiger partial charge in [-0.05, 0) is 29.8 Å². The molecule has 1 amide bonds. The molecule has 0 spiro atoms. The number of carbonyl (C=O) groups is 2. The molecule has 0 bridgehead atoms. The van der Waals surface area contributed by atoms with Crippen LogP contribution in [-0.4, -0.2) is 21.8 Å². The van der Waals surface area contributed by atoms with E-state index in [0.717, 1.165) is 0 Å². The van der Waals surface area contributed by atoms with Crippen molar-refractivity contribution in [2.75, 3.05) is 4.90 Å². The van der Waals surface area contributed by atoms with Gasteiger partial charge in [0.25, 0.3) is 11.7 Å². The highest BCUT2D eigenvalue weighted by Crippen LogP contribution is 2.41. The Bertz CT molecular complexity index is 1020. The number of hydrogen-bond donors (Lipinski definition) is 1. The first-order valence-electron chi connectivity index (χ1n) is 8.50. The van der Waals surface area contributed by atoms with E-state index in [1.54, 1.807) is 73.1 Å². The van der Waals surface area contributed by atoms with E-state index in [1.807, 2.05) is 12.1 Å². The molecule has 3 aromatic rings. The minimum Gasteiger partial charge on any atom is -0.507 e. The van der Waals surface area contributed by atoms with E-state index in [1.165, 1.54) is 4.90 Å². The first-order chi connectivity index (χ1) is 13.2. The van der Waals surface area contributed by atoms with Crippen LogP contribution in [0, 0.1) is 0 Å². The van der Waals surface area contributed by atoms with Crippen molar-refractivity contribution in [3.8, 4) is 0 Å². The Morgan fingerprint density at radius 1 is 0.852 bits per heavy atom. The number of para-hydroxylation sites is 1.